The van der Waals surface area contributed by atoms with Crippen LogP contribution in [0.25, 0.3) is 39.0 Å². The van der Waals surface area contributed by atoms with Crippen LogP contribution in [0.1, 0.15) is 83.2 Å². The van der Waals surface area contributed by atoms with Gasteiger partial charge in [-0.2, -0.15) is 0 Å². The van der Waals surface area contributed by atoms with E-state index in [1.165, 1.54) is 72.3 Å². The zero-order chi connectivity index (χ0) is 38.0. The Bertz CT molecular complexity index is 2480. The van der Waals surface area contributed by atoms with E-state index in [1.807, 2.05) is 6.08 Å². The van der Waals surface area contributed by atoms with Crippen molar-refractivity contribution >= 4 is 22.6 Å². The standard InChI is InChI=1S/C53H51N/c1-10-20-44-39(11-2)41-29-27-37(33-46(41)52(44,6)7)54(48-26-19-18-25-40(48)35-21-14-12-15-22-35)38-28-30-42-43-31-32-45(51(3,4)5)49(36-23-16-13-17-24-36)50(43)53(8,9)47(42)34-38/h10-34H,1H2,2-9H3/b39-11-,44-20+. The minimum absolute atomic E-state index is 0.0108. The van der Waals surface area contributed by atoms with Crippen molar-refractivity contribution in [1.82, 2.24) is 0 Å². The molecule has 1 nitrogen and oxygen atoms in total. The molecule has 0 fully saturated rings. The summed E-state index contributed by atoms with van der Waals surface area (Å²) < 4.78 is 0. The SMILES string of the molecule is C=C/C=C1\C(=C/C)c2ccc(N(c3ccc4c(c3)C(C)(C)c3c-4ccc(C(C)(C)C)c3-c3ccccc3)c3ccccc3-c3ccccc3)cc2C1(C)C. The number of allylic oxidation sites excluding steroid dienone is 5. The molecule has 0 bridgehead atoms. The molecule has 0 spiro atoms. The van der Waals surface area contributed by atoms with Crippen LogP contribution in [0.2, 0.25) is 0 Å². The molecule has 0 unspecified atom stereocenters. The number of hydrogen-bond donors (Lipinski definition) is 0. The van der Waals surface area contributed by atoms with E-state index in [4.69, 9.17) is 0 Å². The Kier molecular flexibility index (Phi) is 8.53. The number of rotatable bonds is 6. The third kappa shape index (κ3) is 5.52. The lowest BCUT2D eigenvalue weighted by atomic mass is 9.73. The van der Waals surface area contributed by atoms with E-state index in [0.29, 0.717) is 0 Å². The first-order valence-corrected chi connectivity index (χ1v) is 19.4. The summed E-state index contributed by atoms with van der Waals surface area (Å²) in [5, 5.41) is 0. The quantitative estimate of drug-likeness (QED) is 0.167. The first kappa shape index (κ1) is 35.4. The van der Waals surface area contributed by atoms with Gasteiger partial charge in [0, 0.05) is 27.8 Å². The lowest BCUT2D eigenvalue weighted by Crippen LogP contribution is -2.21. The van der Waals surface area contributed by atoms with Gasteiger partial charge in [-0.1, -0.05) is 176 Å². The fraction of sp³-hybridized carbons (Fsp3) is 0.208. The molecule has 0 atom stereocenters. The Hall–Kier alpha value is -5.66. The van der Waals surface area contributed by atoms with Gasteiger partial charge in [0.1, 0.15) is 0 Å². The van der Waals surface area contributed by atoms with Crippen LogP contribution in [-0.2, 0) is 16.2 Å². The molecule has 54 heavy (non-hydrogen) atoms. The lowest BCUT2D eigenvalue weighted by Gasteiger charge is -2.32. The second-order valence-corrected chi connectivity index (χ2v) is 17.0. The number of nitrogens with zero attached hydrogens (tertiary/aromatic N) is 1. The van der Waals surface area contributed by atoms with E-state index in [2.05, 4.69) is 212 Å². The molecule has 0 heterocycles. The first-order valence-electron chi connectivity index (χ1n) is 19.4. The Balaban J connectivity index is 1.37. The number of hydrogen-bond acceptors (Lipinski definition) is 1. The van der Waals surface area contributed by atoms with Gasteiger partial charge in [0.2, 0.25) is 0 Å². The van der Waals surface area contributed by atoms with Crippen LogP contribution in [0.3, 0.4) is 0 Å². The molecular formula is C53H51N. The summed E-state index contributed by atoms with van der Waals surface area (Å²) in [5.74, 6) is 0. The van der Waals surface area contributed by atoms with E-state index in [-0.39, 0.29) is 16.2 Å². The van der Waals surface area contributed by atoms with Gasteiger partial charge in [0.15, 0.2) is 0 Å². The molecule has 0 saturated heterocycles. The summed E-state index contributed by atoms with van der Waals surface area (Å²) in [4.78, 5) is 2.49. The highest BCUT2D eigenvalue weighted by Crippen LogP contribution is 2.57. The first-order chi connectivity index (χ1) is 25.9. The summed E-state index contributed by atoms with van der Waals surface area (Å²) in [7, 11) is 0. The van der Waals surface area contributed by atoms with E-state index < -0.39 is 0 Å². The summed E-state index contributed by atoms with van der Waals surface area (Å²) in [6.45, 7) is 22.8. The molecule has 268 valence electrons. The highest BCUT2D eigenvalue weighted by atomic mass is 15.1. The van der Waals surface area contributed by atoms with Gasteiger partial charge in [-0.05, 0) is 109 Å². The molecule has 2 aliphatic carbocycles. The lowest BCUT2D eigenvalue weighted by molar-refractivity contribution is 0.587. The van der Waals surface area contributed by atoms with E-state index >= 15 is 0 Å². The normalized spacial score (nSPS) is 16.6. The molecule has 6 aromatic carbocycles. The molecule has 2 aliphatic rings. The summed E-state index contributed by atoms with van der Waals surface area (Å²) in [6, 6.07) is 49.7. The number of benzene rings is 6. The van der Waals surface area contributed by atoms with Crippen molar-refractivity contribution in [3.8, 4) is 33.4 Å². The smallest absolute Gasteiger partial charge is 0.0540 e. The minimum Gasteiger partial charge on any atom is -0.310 e. The van der Waals surface area contributed by atoms with Crippen LogP contribution in [0.15, 0.2) is 164 Å². The van der Waals surface area contributed by atoms with E-state index in [1.54, 1.807) is 0 Å². The Morgan fingerprint density at radius 2 is 1.13 bits per heavy atom. The third-order valence-electron chi connectivity index (χ3n) is 11.9. The monoisotopic (exact) mass is 701 g/mol. The fourth-order valence-electron chi connectivity index (χ4n) is 9.30. The summed E-state index contributed by atoms with van der Waals surface area (Å²) in [6.07, 6.45) is 6.36. The molecule has 0 amide bonds. The maximum absolute atomic E-state index is 4.07. The van der Waals surface area contributed by atoms with Gasteiger partial charge in [0.05, 0.1) is 5.69 Å². The van der Waals surface area contributed by atoms with Gasteiger partial charge in [0.25, 0.3) is 0 Å². The molecule has 0 aromatic heterocycles. The Morgan fingerprint density at radius 3 is 1.74 bits per heavy atom. The van der Waals surface area contributed by atoms with Crippen molar-refractivity contribution in [3.63, 3.8) is 0 Å². The van der Waals surface area contributed by atoms with Gasteiger partial charge in [-0.15, -0.1) is 0 Å². The van der Waals surface area contributed by atoms with Crippen LogP contribution >= 0.6 is 0 Å². The van der Waals surface area contributed by atoms with Gasteiger partial charge in [-0.3, -0.25) is 0 Å². The predicted octanol–water partition coefficient (Wildman–Crippen LogP) is 14.9. The number of fused-ring (bicyclic) bond motifs is 4. The topological polar surface area (TPSA) is 3.24 Å². The highest BCUT2D eigenvalue weighted by molar-refractivity contribution is 5.95. The zero-order valence-electron chi connectivity index (χ0n) is 33.1. The van der Waals surface area contributed by atoms with Crippen LogP contribution in [0, 0.1) is 0 Å². The van der Waals surface area contributed by atoms with Crippen LogP contribution in [0.5, 0.6) is 0 Å². The van der Waals surface area contributed by atoms with Crippen molar-refractivity contribution < 1.29 is 0 Å². The second-order valence-electron chi connectivity index (χ2n) is 17.0. The molecular weight excluding hydrogens is 651 g/mol. The van der Waals surface area contributed by atoms with Crippen molar-refractivity contribution in [1.29, 1.82) is 0 Å². The maximum Gasteiger partial charge on any atom is 0.0540 e. The number of para-hydroxylation sites is 1. The molecule has 0 saturated carbocycles. The summed E-state index contributed by atoms with van der Waals surface area (Å²) in [5.41, 5.74) is 20.1. The second kappa shape index (κ2) is 13.0. The van der Waals surface area contributed by atoms with Gasteiger partial charge in [-0.25, -0.2) is 0 Å². The average molecular weight is 702 g/mol. The highest BCUT2D eigenvalue weighted by Gasteiger charge is 2.41. The van der Waals surface area contributed by atoms with Gasteiger partial charge < -0.3 is 4.90 Å². The van der Waals surface area contributed by atoms with Crippen molar-refractivity contribution in [2.24, 2.45) is 0 Å². The molecule has 0 aliphatic heterocycles. The minimum atomic E-state index is -0.233. The molecule has 0 radical (unpaired) electrons. The van der Waals surface area contributed by atoms with Crippen LogP contribution in [-0.4, -0.2) is 0 Å². The summed E-state index contributed by atoms with van der Waals surface area (Å²) >= 11 is 0. The zero-order valence-corrected chi connectivity index (χ0v) is 33.1. The predicted molar refractivity (Wildman–Crippen MR) is 233 cm³/mol. The third-order valence-corrected chi connectivity index (χ3v) is 11.9. The molecule has 8 rings (SSSR count). The average Bonchev–Trinajstić information content (AvgIpc) is 3.53. The number of anilines is 3. The molecule has 0 N–H and O–H groups in total. The maximum atomic E-state index is 4.07. The molecule has 1 heteroatoms. The van der Waals surface area contributed by atoms with Crippen molar-refractivity contribution in [2.75, 3.05) is 4.90 Å². The van der Waals surface area contributed by atoms with Crippen LogP contribution in [0.4, 0.5) is 17.1 Å². The molecule has 6 aromatic rings. The Morgan fingerprint density at radius 1 is 0.574 bits per heavy atom. The van der Waals surface area contributed by atoms with Crippen molar-refractivity contribution in [2.45, 2.75) is 71.6 Å². The fourth-order valence-corrected chi connectivity index (χ4v) is 9.30. The van der Waals surface area contributed by atoms with E-state index in [9.17, 15) is 0 Å². The van der Waals surface area contributed by atoms with Crippen molar-refractivity contribution in [3.05, 3.63) is 192 Å². The largest absolute Gasteiger partial charge is 0.310 e. The Labute approximate surface area is 323 Å². The van der Waals surface area contributed by atoms with Gasteiger partial charge >= 0.3 is 0 Å². The van der Waals surface area contributed by atoms with E-state index in [0.717, 1.165) is 17.1 Å². The van der Waals surface area contributed by atoms with Crippen LogP contribution < -0.4 is 4.90 Å².